The fourth-order valence-electron chi connectivity index (χ4n) is 1.91. The van der Waals surface area contributed by atoms with Gasteiger partial charge in [-0.05, 0) is 43.5 Å². The van der Waals surface area contributed by atoms with Gasteiger partial charge in [0.1, 0.15) is 11.4 Å². The Morgan fingerprint density at radius 2 is 2.00 bits per heavy atom. The summed E-state index contributed by atoms with van der Waals surface area (Å²) < 4.78 is 5.76. The molecule has 1 fully saturated rings. The molecule has 0 amide bonds. The number of halogens is 1. The zero-order chi connectivity index (χ0) is 11.6. The fraction of sp³-hybridized carbons (Fsp3) is 0.417. The molecule has 0 bridgehead atoms. The molecule has 0 radical (unpaired) electrons. The van der Waals surface area contributed by atoms with E-state index in [2.05, 4.69) is 0 Å². The van der Waals surface area contributed by atoms with Crippen LogP contribution in [0.15, 0.2) is 24.3 Å². The lowest BCUT2D eigenvalue weighted by molar-refractivity contribution is -0.144. The molecule has 0 saturated heterocycles. The molecule has 1 saturated carbocycles. The van der Waals surface area contributed by atoms with Gasteiger partial charge in [0.2, 0.25) is 0 Å². The van der Waals surface area contributed by atoms with Crippen molar-refractivity contribution in [3.63, 3.8) is 0 Å². The van der Waals surface area contributed by atoms with E-state index in [-0.39, 0.29) is 6.42 Å². The molecule has 0 aliphatic heterocycles. The molecule has 1 aromatic carbocycles. The second-order valence-electron chi connectivity index (χ2n) is 4.16. The maximum absolute atomic E-state index is 10.8. The van der Waals surface area contributed by atoms with Crippen molar-refractivity contribution in [1.82, 2.24) is 0 Å². The smallest absolute Gasteiger partial charge is 0.307 e. The van der Waals surface area contributed by atoms with Gasteiger partial charge in [-0.25, -0.2) is 0 Å². The fourth-order valence-corrected chi connectivity index (χ4v) is 2.04. The van der Waals surface area contributed by atoms with E-state index in [9.17, 15) is 4.79 Å². The van der Waals surface area contributed by atoms with Crippen LogP contribution in [0.5, 0.6) is 5.75 Å². The first-order valence-corrected chi connectivity index (χ1v) is 5.64. The monoisotopic (exact) mass is 240 g/mol. The largest absolute Gasteiger partial charge is 0.487 e. The van der Waals surface area contributed by atoms with Crippen molar-refractivity contribution in [2.45, 2.75) is 31.3 Å². The lowest BCUT2D eigenvalue weighted by Gasteiger charge is -2.40. The highest BCUT2D eigenvalue weighted by molar-refractivity contribution is 6.30. The second-order valence-corrected chi connectivity index (χ2v) is 4.60. The Morgan fingerprint density at radius 1 is 1.38 bits per heavy atom. The summed E-state index contributed by atoms with van der Waals surface area (Å²) in [6, 6.07) is 7.02. The highest BCUT2D eigenvalue weighted by Gasteiger charge is 2.41. The number of aliphatic carboxylic acids is 1. The molecule has 4 heteroatoms. The molecule has 1 N–H and O–H groups in total. The third-order valence-electron chi connectivity index (χ3n) is 2.89. The van der Waals surface area contributed by atoms with Gasteiger partial charge >= 0.3 is 5.97 Å². The summed E-state index contributed by atoms with van der Waals surface area (Å²) in [6.45, 7) is 0. The number of hydrogen-bond acceptors (Lipinski definition) is 2. The molecular weight excluding hydrogens is 228 g/mol. The Morgan fingerprint density at radius 3 is 2.44 bits per heavy atom. The third-order valence-corrected chi connectivity index (χ3v) is 3.14. The quantitative estimate of drug-likeness (QED) is 0.880. The van der Waals surface area contributed by atoms with Crippen LogP contribution in [-0.4, -0.2) is 16.7 Å². The number of benzene rings is 1. The average molecular weight is 241 g/mol. The third kappa shape index (κ3) is 2.47. The van der Waals surface area contributed by atoms with Crippen LogP contribution >= 0.6 is 11.6 Å². The van der Waals surface area contributed by atoms with Gasteiger partial charge in [0.15, 0.2) is 0 Å². The van der Waals surface area contributed by atoms with Crippen molar-refractivity contribution < 1.29 is 14.6 Å². The standard InChI is InChI=1S/C12H13ClO3/c13-9-2-4-10(5-3-9)16-12(6-1-7-12)8-11(14)15/h2-5H,1,6-8H2,(H,14,15). The van der Waals surface area contributed by atoms with Crippen molar-refractivity contribution in [3.05, 3.63) is 29.3 Å². The Bertz CT molecular complexity index is 382. The van der Waals surface area contributed by atoms with E-state index >= 15 is 0 Å². The molecule has 0 heterocycles. The molecule has 0 aromatic heterocycles. The van der Waals surface area contributed by atoms with Gasteiger partial charge in [-0.3, -0.25) is 4.79 Å². The van der Waals surface area contributed by atoms with Crippen LogP contribution < -0.4 is 4.74 Å². The summed E-state index contributed by atoms with van der Waals surface area (Å²) in [4.78, 5) is 10.8. The highest BCUT2D eigenvalue weighted by atomic mass is 35.5. The molecule has 16 heavy (non-hydrogen) atoms. The van der Waals surface area contributed by atoms with E-state index in [1.165, 1.54) is 0 Å². The average Bonchev–Trinajstić information content (AvgIpc) is 2.17. The SMILES string of the molecule is O=C(O)CC1(Oc2ccc(Cl)cc2)CCC1. The van der Waals surface area contributed by atoms with Gasteiger partial charge in [-0.15, -0.1) is 0 Å². The van der Waals surface area contributed by atoms with Crippen LogP contribution in [0.3, 0.4) is 0 Å². The highest BCUT2D eigenvalue weighted by Crippen LogP contribution is 2.39. The Kier molecular flexibility index (Phi) is 3.06. The van der Waals surface area contributed by atoms with E-state index in [1.54, 1.807) is 24.3 Å². The minimum atomic E-state index is -0.811. The van der Waals surface area contributed by atoms with Crippen molar-refractivity contribution in [3.8, 4) is 5.75 Å². The summed E-state index contributed by atoms with van der Waals surface area (Å²) in [6.07, 6.45) is 2.71. The van der Waals surface area contributed by atoms with E-state index in [0.717, 1.165) is 19.3 Å². The van der Waals surface area contributed by atoms with Gasteiger partial charge in [-0.2, -0.15) is 0 Å². The Balaban J connectivity index is 2.06. The van der Waals surface area contributed by atoms with Crippen molar-refractivity contribution in [2.75, 3.05) is 0 Å². The van der Waals surface area contributed by atoms with Gasteiger partial charge in [0.25, 0.3) is 0 Å². The topological polar surface area (TPSA) is 46.5 Å². The van der Waals surface area contributed by atoms with Crippen LogP contribution in [0.1, 0.15) is 25.7 Å². The Labute approximate surface area is 99.0 Å². The number of carbonyl (C=O) groups is 1. The van der Waals surface area contributed by atoms with Crippen LogP contribution in [0.25, 0.3) is 0 Å². The number of hydrogen-bond donors (Lipinski definition) is 1. The summed E-state index contributed by atoms with van der Waals surface area (Å²) in [7, 11) is 0. The van der Waals surface area contributed by atoms with E-state index in [0.29, 0.717) is 10.8 Å². The number of rotatable bonds is 4. The van der Waals surface area contributed by atoms with Gasteiger partial charge in [0, 0.05) is 5.02 Å². The predicted molar refractivity (Wildman–Crippen MR) is 60.9 cm³/mol. The first-order valence-electron chi connectivity index (χ1n) is 5.26. The van der Waals surface area contributed by atoms with Gasteiger partial charge < -0.3 is 9.84 Å². The number of carboxylic acids is 1. The summed E-state index contributed by atoms with van der Waals surface area (Å²) in [5.41, 5.74) is -0.500. The number of carboxylic acid groups (broad SMARTS) is 1. The molecule has 3 nitrogen and oxygen atoms in total. The van der Waals surface area contributed by atoms with Gasteiger partial charge in [0.05, 0.1) is 6.42 Å². The summed E-state index contributed by atoms with van der Waals surface area (Å²) in [5.74, 6) is -0.126. The van der Waals surface area contributed by atoms with E-state index < -0.39 is 11.6 Å². The molecule has 86 valence electrons. The van der Waals surface area contributed by atoms with Crippen molar-refractivity contribution in [2.24, 2.45) is 0 Å². The normalized spacial score (nSPS) is 17.6. The first kappa shape index (κ1) is 11.3. The van der Waals surface area contributed by atoms with E-state index in [1.807, 2.05) is 0 Å². The summed E-state index contributed by atoms with van der Waals surface area (Å²) >= 11 is 5.77. The minimum absolute atomic E-state index is 0.0651. The maximum atomic E-state index is 10.8. The van der Waals surface area contributed by atoms with Crippen LogP contribution in [0.2, 0.25) is 5.02 Å². The molecule has 0 unspecified atom stereocenters. The lowest BCUT2D eigenvalue weighted by atomic mass is 9.77. The Hall–Kier alpha value is -1.22. The molecule has 0 atom stereocenters. The van der Waals surface area contributed by atoms with Crippen LogP contribution in [0, 0.1) is 0 Å². The summed E-state index contributed by atoms with van der Waals surface area (Å²) in [5, 5.41) is 9.48. The molecule has 0 spiro atoms. The zero-order valence-corrected chi connectivity index (χ0v) is 9.54. The van der Waals surface area contributed by atoms with Crippen LogP contribution in [-0.2, 0) is 4.79 Å². The predicted octanol–water partition coefficient (Wildman–Crippen LogP) is 3.12. The molecule has 1 aliphatic carbocycles. The minimum Gasteiger partial charge on any atom is -0.487 e. The molecule has 1 aromatic rings. The zero-order valence-electron chi connectivity index (χ0n) is 8.78. The molecule has 1 aliphatic rings. The number of ether oxygens (including phenoxy) is 1. The second kappa shape index (κ2) is 4.34. The van der Waals surface area contributed by atoms with Gasteiger partial charge in [-0.1, -0.05) is 11.6 Å². The van der Waals surface area contributed by atoms with E-state index in [4.69, 9.17) is 21.4 Å². The van der Waals surface area contributed by atoms with Crippen molar-refractivity contribution in [1.29, 1.82) is 0 Å². The first-order chi connectivity index (χ1) is 7.60. The molecular formula is C12H13ClO3. The maximum Gasteiger partial charge on any atom is 0.307 e. The lowest BCUT2D eigenvalue weighted by Crippen LogP contribution is -2.45. The van der Waals surface area contributed by atoms with Crippen molar-refractivity contribution >= 4 is 17.6 Å². The van der Waals surface area contributed by atoms with Crippen LogP contribution in [0.4, 0.5) is 0 Å². The molecule has 2 rings (SSSR count).